The van der Waals surface area contributed by atoms with Crippen LogP contribution in [0.5, 0.6) is 0 Å². The van der Waals surface area contributed by atoms with E-state index in [9.17, 15) is 23.3 Å². The van der Waals surface area contributed by atoms with Gasteiger partial charge in [-0.25, -0.2) is 8.42 Å². The Labute approximate surface area is 163 Å². The van der Waals surface area contributed by atoms with E-state index in [1.165, 1.54) is 24.3 Å². The van der Waals surface area contributed by atoms with Crippen LogP contribution in [0.3, 0.4) is 0 Å². The molecule has 0 saturated carbocycles. The molecule has 28 heavy (non-hydrogen) atoms. The highest BCUT2D eigenvalue weighted by atomic mass is 32.2. The number of carbonyl (C=O) groups excluding carboxylic acids is 1. The Kier molecular flexibility index (Phi) is 5.64. The lowest BCUT2D eigenvalue weighted by Crippen LogP contribution is -2.35. The van der Waals surface area contributed by atoms with Crippen molar-refractivity contribution in [2.45, 2.75) is 31.1 Å². The number of piperidine rings is 1. The van der Waals surface area contributed by atoms with E-state index in [1.807, 2.05) is 0 Å². The molecule has 1 aliphatic rings. The zero-order valence-electron chi connectivity index (χ0n) is 15.4. The van der Waals surface area contributed by atoms with Crippen molar-refractivity contribution in [3.05, 3.63) is 63.7 Å². The van der Waals surface area contributed by atoms with Gasteiger partial charge in [0.05, 0.1) is 9.82 Å². The fourth-order valence-corrected chi connectivity index (χ4v) is 4.21. The number of nitrogens with one attached hydrogen (secondary N) is 1. The number of benzene rings is 2. The van der Waals surface area contributed by atoms with Crippen molar-refractivity contribution in [2.24, 2.45) is 0 Å². The molecule has 0 aromatic heterocycles. The lowest BCUT2D eigenvalue weighted by atomic mass is 10.1. The Hall–Kier alpha value is -2.94. The SMILES string of the molecule is Cc1ccc(S(=O)(=O)Nc2ccc(C(=O)N3CCCCC3)cc2)cc1[N+](=O)[O-]. The highest BCUT2D eigenvalue weighted by Gasteiger charge is 2.21. The minimum atomic E-state index is -3.99. The first-order valence-electron chi connectivity index (χ1n) is 8.95. The second-order valence-electron chi connectivity index (χ2n) is 6.74. The fourth-order valence-electron chi connectivity index (χ4n) is 3.13. The van der Waals surface area contributed by atoms with Crippen molar-refractivity contribution in [3.63, 3.8) is 0 Å². The number of rotatable bonds is 5. The van der Waals surface area contributed by atoms with Gasteiger partial charge >= 0.3 is 0 Å². The van der Waals surface area contributed by atoms with Crippen molar-refractivity contribution in [2.75, 3.05) is 17.8 Å². The van der Waals surface area contributed by atoms with Gasteiger partial charge in [0.25, 0.3) is 21.6 Å². The van der Waals surface area contributed by atoms with Crippen LogP contribution in [-0.2, 0) is 10.0 Å². The Bertz CT molecular complexity index is 997. The Balaban J connectivity index is 1.77. The second kappa shape index (κ2) is 7.97. The molecule has 0 spiro atoms. The summed E-state index contributed by atoms with van der Waals surface area (Å²) in [5.74, 6) is -0.0664. The van der Waals surface area contributed by atoms with E-state index in [-0.39, 0.29) is 22.2 Å². The summed E-state index contributed by atoms with van der Waals surface area (Å²) in [6, 6.07) is 9.92. The first kappa shape index (κ1) is 19.8. The van der Waals surface area contributed by atoms with Crippen molar-refractivity contribution in [1.29, 1.82) is 0 Å². The first-order chi connectivity index (χ1) is 13.3. The highest BCUT2D eigenvalue weighted by molar-refractivity contribution is 7.92. The number of aryl methyl sites for hydroxylation is 1. The van der Waals surface area contributed by atoms with Crippen LogP contribution in [0, 0.1) is 17.0 Å². The molecule has 0 radical (unpaired) electrons. The molecule has 1 N–H and O–H groups in total. The van der Waals surface area contributed by atoms with Crippen LogP contribution in [0.2, 0.25) is 0 Å². The molecule has 0 aliphatic carbocycles. The first-order valence-corrected chi connectivity index (χ1v) is 10.4. The van der Waals surface area contributed by atoms with E-state index >= 15 is 0 Å². The predicted molar refractivity (Wildman–Crippen MR) is 105 cm³/mol. The van der Waals surface area contributed by atoms with Crippen LogP contribution >= 0.6 is 0 Å². The Morgan fingerprint density at radius 2 is 1.71 bits per heavy atom. The molecule has 3 rings (SSSR count). The number of likely N-dealkylation sites (tertiary alicyclic amines) is 1. The van der Waals surface area contributed by atoms with Gasteiger partial charge in [0.2, 0.25) is 0 Å². The van der Waals surface area contributed by atoms with Gasteiger partial charge in [0.15, 0.2) is 0 Å². The summed E-state index contributed by atoms with van der Waals surface area (Å²) in [5, 5.41) is 11.0. The molecule has 1 amide bonds. The molecular formula is C19H21N3O5S. The predicted octanol–water partition coefficient (Wildman–Crippen LogP) is 3.33. The lowest BCUT2D eigenvalue weighted by Gasteiger charge is -2.26. The number of nitro groups is 1. The Morgan fingerprint density at radius 3 is 2.32 bits per heavy atom. The average molecular weight is 403 g/mol. The van der Waals surface area contributed by atoms with Crippen molar-refractivity contribution in [1.82, 2.24) is 4.90 Å². The van der Waals surface area contributed by atoms with E-state index in [0.29, 0.717) is 11.1 Å². The van der Waals surface area contributed by atoms with Gasteiger partial charge in [-0.3, -0.25) is 19.6 Å². The molecule has 0 atom stereocenters. The molecule has 1 fully saturated rings. The largest absolute Gasteiger partial charge is 0.339 e. The van der Waals surface area contributed by atoms with Crippen LogP contribution in [-0.4, -0.2) is 37.2 Å². The van der Waals surface area contributed by atoms with Crippen molar-refractivity contribution >= 4 is 27.3 Å². The molecular weight excluding hydrogens is 382 g/mol. The molecule has 148 valence electrons. The molecule has 8 nitrogen and oxygen atoms in total. The minimum absolute atomic E-state index is 0.0664. The third kappa shape index (κ3) is 4.30. The average Bonchev–Trinajstić information content (AvgIpc) is 2.68. The van der Waals surface area contributed by atoms with Crippen LogP contribution in [0.1, 0.15) is 35.2 Å². The molecule has 1 saturated heterocycles. The maximum absolute atomic E-state index is 12.5. The number of anilines is 1. The maximum atomic E-state index is 12.5. The number of hydrogen-bond acceptors (Lipinski definition) is 5. The standard InChI is InChI=1S/C19H21N3O5S/c1-14-5-10-17(13-18(14)22(24)25)28(26,27)20-16-8-6-15(7-9-16)19(23)21-11-3-2-4-12-21/h5-10,13,20H,2-4,11-12H2,1H3. The molecule has 2 aromatic rings. The minimum Gasteiger partial charge on any atom is -0.339 e. The number of nitrogens with zero attached hydrogens (tertiary/aromatic N) is 2. The van der Waals surface area contributed by atoms with E-state index in [1.54, 1.807) is 24.0 Å². The molecule has 2 aromatic carbocycles. The van der Waals surface area contributed by atoms with Gasteiger partial charge in [-0.1, -0.05) is 6.07 Å². The number of nitro benzene ring substituents is 1. The van der Waals surface area contributed by atoms with Gasteiger partial charge in [-0.15, -0.1) is 0 Å². The van der Waals surface area contributed by atoms with Gasteiger partial charge in [-0.2, -0.15) is 0 Å². The zero-order chi connectivity index (χ0) is 20.3. The number of sulfonamides is 1. The summed E-state index contributed by atoms with van der Waals surface area (Å²) in [4.78, 5) is 24.5. The van der Waals surface area contributed by atoms with Gasteiger partial charge in [0.1, 0.15) is 0 Å². The van der Waals surface area contributed by atoms with Gasteiger partial charge < -0.3 is 4.90 Å². The molecule has 9 heteroatoms. The number of hydrogen-bond donors (Lipinski definition) is 1. The van der Waals surface area contributed by atoms with Crippen LogP contribution in [0.25, 0.3) is 0 Å². The van der Waals surface area contributed by atoms with Crippen molar-refractivity contribution in [3.8, 4) is 0 Å². The maximum Gasteiger partial charge on any atom is 0.273 e. The summed E-state index contributed by atoms with van der Waals surface area (Å²) in [6.45, 7) is 3.01. The summed E-state index contributed by atoms with van der Waals surface area (Å²) >= 11 is 0. The summed E-state index contributed by atoms with van der Waals surface area (Å²) < 4.78 is 27.5. The van der Waals surface area contributed by atoms with E-state index in [0.717, 1.165) is 38.4 Å². The van der Waals surface area contributed by atoms with Crippen LogP contribution < -0.4 is 4.72 Å². The third-order valence-electron chi connectivity index (χ3n) is 4.71. The third-order valence-corrected chi connectivity index (χ3v) is 6.09. The van der Waals surface area contributed by atoms with E-state index < -0.39 is 14.9 Å². The fraction of sp³-hybridized carbons (Fsp3) is 0.316. The lowest BCUT2D eigenvalue weighted by molar-refractivity contribution is -0.385. The van der Waals surface area contributed by atoms with Crippen LogP contribution in [0.15, 0.2) is 47.4 Å². The number of amides is 1. The van der Waals surface area contributed by atoms with Crippen molar-refractivity contribution < 1.29 is 18.1 Å². The topological polar surface area (TPSA) is 110 Å². The number of carbonyl (C=O) groups is 1. The molecule has 1 aliphatic heterocycles. The highest BCUT2D eigenvalue weighted by Crippen LogP contribution is 2.24. The van der Waals surface area contributed by atoms with Crippen LogP contribution in [0.4, 0.5) is 11.4 Å². The molecule has 1 heterocycles. The quantitative estimate of drug-likeness (QED) is 0.608. The normalized spacial score (nSPS) is 14.5. The summed E-state index contributed by atoms with van der Waals surface area (Å²) in [7, 11) is -3.99. The van der Waals surface area contributed by atoms with Gasteiger partial charge in [0, 0.05) is 36.0 Å². The van der Waals surface area contributed by atoms with Gasteiger partial charge in [-0.05, 0) is 56.5 Å². The Morgan fingerprint density at radius 1 is 1.07 bits per heavy atom. The molecule has 0 unspecified atom stereocenters. The molecule has 0 bridgehead atoms. The smallest absolute Gasteiger partial charge is 0.273 e. The van der Waals surface area contributed by atoms with E-state index in [2.05, 4.69) is 4.72 Å². The summed E-state index contributed by atoms with van der Waals surface area (Å²) in [5.41, 5.74) is 0.893. The zero-order valence-corrected chi connectivity index (χ0v) is 16.2. The second-order valence-corrected chi connectivity index (χ2v) is 8.42. The monoisotopic (exact) mass is 403 g/mol. The van der Waals surface area contributed by atoms with E-state index in [4.69, 9.17) is 0 Å². The summed E-state index contributed by atoms with van der Waals surface area (Å²) in [6.07, 6.45) is 3.11.